The van der Waals surface area contributed by atoms with E-state index < -0.39 is 11.9 Å². The monoisotopic (exact) mass is 442 g/mol. The number of aliphatic hydroxyl groups is 1. The molecule has 8 nitrogen and oxygen atoms in total. The molecule has 1 amide bonds. The van der Waals surface area contributed by atoms with Crippen molar-refractivity contribution in [2.24, 2.45) is 0 Å². The Hall–Kier alpha value is -3.56. The maximum absolute atomic E-state index is 13.2. The minimum Gasteiger partial charge on any atom is -0.505 e. The van der Waals surface area contributed by atoms with E-state index in [4.69, 9.17) is 14.6 Å². The second-order valence-corrected chi connectivity index (χ2v) is 6.95. The van der Waals surface area contributed by atoms with E-state index in [0.29, 0.717) is 11.8 Å². The van der Waals surface area contributed by atoms with Crippen LogP contribution >= 0.6 is 0 Å². The summed E-state index contributed by atoms with van der Waals surface area (Å²) in [7, 11) is 1.17. The molecule has 3 rings (SSSR count). The lowest BCUT2D eigenvalue weighted by molar-refractivity contribution is 0.0597. The number of amides is 1. The molecule has 3 N–H and O–H groups in total. The molecule has 3 aromatic rings. The number of hydrogen-bond donors (Lipinski definition) is 3. The summed E-state index contributed by atoms with van der Waals surface area (Å²) < 4.78 is 23.0. The maximum Gasteiger partial charge on any atom is 0.341 e. The summed E-state index contributed by atoms with van der Waals surface area (Å²) in [6, 6.07) is 8.97. The van der Waals surface area contributed by atoms with Crippen molar-refractivity contribution in [3.63, 3.8) is 0 Å². The highest BCUT2D eigenvalue weighted by Crippen LogP contribution is 2.32. The first-order valence-corrected chi connectivity index (χ1v) is 9.88. The van der Waals surface area contributed by atoms with Crippen molar-refractivity contribution in [2.75, 3.05) is 33.5 Å². The van der Waals surface area contributed by atoms with Crippen molar-refractivity contribution in [3.05, 3.63) is 70.7 Å². The van der Waals surface area contributed by atoms with Crippen molar-refractivity contribution in [2.45, 2.75) is 6.42 Å². The topological polar surface area (TPSA) is 118 Å². The summed E-state index contributed by atoms with van der Waals surface area (Å²) >= 11 is 0. The van der Waals surface area contributed by atoms with Gasteiger partial charge in [0.1, 0.15) is 16.9 Å². The van der Waals surface area contributed by atoms with Crippen LogP contribution in [0.2, 0.25) is 0 Å². The Balaban J connectivity index is 1.98. The van der Waals surface area contributed by atoms with E-state index in [9.17, 15) is 19.1 Å². The number of carbonyl (C=O) groups excluding carboxylic acids is 2. The summed E-state index contributed by atoms with van der Waals surface area (Å²) in [6.45, 7) is 0.403. The molecule has 0 aliphatic rings. The van der Waals surface area contributed by atoms with Gasteiger partial charge in [-0.25, -0.2) is 9.18 Å². The first-order valence-electron chi connectivity index (χ1n) is 9.88. The Morgan fingerprint density at radius 2 is 1.84 bits per heavy atom. The molecule has 168 valence electrons. The highest BCUT2D eigenvalue weighted by Gasteiger charge is 2.22. The molecule has 1 heterocycles. The average Bonchev–Trinajstić information content (AvgIpc) is 2.80. The van der Waals surface area contributed by atoms with E-state index in [2.05, 4.69) is 10.3 Å². The second kappa shape index (κ2) is 10.7. The van der Waals surface area contributed by atoms with Gasteiger partial charge in [0.2, 0.25) is 0 Å². The predicted molar refractivity (Wildman–Crippen MR) is 114 cm³/mol. The lowest BCUT2D eigenvalue weighted by Crippen LogP contribution is -2.28. The van der Waals surface area contributed by atoms with Crippen molar-refractivity contribution in [1.82, 2.24) is 10.3 Å². The van der Waals surface area contributed by atoms with Gasteiger partial charge in [0.25, 0.3) is 5.91 Å². The number of phenols is 1. The minimum atomic E-state index is -0.804. The fourth-order valence-corrected chi connectivity index (χ4v) is 3.21. The number of aromatic hydroxyl groups is 1. The van der Waals surface area contributed by atoms with Gasteiger partial charge in [0.15, 0.2) is 5.75 Å². The minimum absolute atomic E-state index is 0.0810. The van der Waals surface area contributed by atoms with Crippen LogP contribution in [0.3, 0.4) is 0 Å². The normalized spacial score (nSPS) is 10.8. The summed E-state index contributed by atoms with van der Waals surface area (Å²) in [5, 5.41) is 22.3. The molecular weight excluding hydrogens is 419 g/mol. The van der Waals surface area contributed by atoms with Gasteiger partial charge in [-0.3, -0.25) is 9.78 Å². The van der Waals surface area contributed by atoms with Gasteiger partial charge in [-0.1, -0.05) is 12.1 Å². The van der Waals surface area contributed by atoms with Crippen LogP contribution in [0.25, 0.3) is 10.9 Å². The van der Waals surface area contributed by atoms with E-state index in [1.54, 1.807) is 18.2 Å². The van der Waals surface area contributed by atoms with E-state index >= 15 is 0 Å². The number of halogens is 1. The molecule has 0 unspecified atom stereocenters. The summed E-state index contributed by atoms with van der Waals surface area (Å²) in [5.41, 5.74) is 1.61. The highest BCUT2D eigenvalue weighted by molar-refractivity contribution is 6.11. The number of carbonyl (C=O) groups is 2. The Kier molecular flexibility index (Phi) is 7.69. The molecule has 0 radical (unpaired) electrons. The third kappa shape index (κ3) is 5.37. The van der Waals surface area contributed by atoms with E-state index in [-0.39, 0.29) is 54.6 Å². The van der Waals surface area contributed by atoms with Crippen molar-refractivity contribution >= 4 is 22.8 Å². The number of phenolic OH excluding ortho intramolecular Hbond substituents is 1. The number of esters is 1. The molecule has 0 bridgehead atoms. The van der Waals surface area contributed by atoms with Gasteiger partial charge in [-0.2, -0.15) is 0 Å². The standard InChI is InChI=1S/C23H23FN2O6/c1-31-23(30)19-12-18(22(29)25-6-8-32-9-7-27)17-11-15(13-26-20(17)21(19)28)10-14-2-4-16(24)5-3-14/h2-5,11-13,27-28H,6-10H2,1H3,(H,25,29). The van der Waals surface area contributed by atoms with E-state index in [1.165, 1.54) is 31.5 Å². The molecule has 9 heteroatoms. The number of aromatic nitrogens is 1. The molecule has 0 saturated heterocycles. The van der Waals surface area contributed by atoms with Crippen molar-refractivity contribution in [1.29, 1.82) is 0 Å². The van der Waals surface area contributed by atoms with Gasteiger partial charge in [-0.15, -0.1) is 0 Å². The predicted octanol–water partition coefficient (Wildman–Crippen LogP) is 2.20. The number of fused-ring (bicyclic) bond motifs is 1. The van der Waals surface area contributed by atoms with Crippen LogP contribution in [0.1, 0.15) is 31.8 Å². The molecule has 0 atom stereocenters. The van der Waals surface area contributed by atoms with Gasteiger partial charge < -0.3 is 25.0 Å². The zero-order chi connectivity index (χ0) is 23.1. The molecule has 2 aromatic carbocycles. The van der Waals surface area contributed by atoms with Crippen LogP contribution in [0.5, 0.6) is 5.75 Å². The number of aliphatic hydroxyl groups excluding tert-OH is 1. The van der Waals surface area contributed by atoms with Gasteiger partial charge in [-0.05, 0) is 41.8 Å². The number of methoxy groups -OCH3 is 1. The van der Waals surface area contributed by atoms with Crippen LogP contribution in [-0.4, -0.2) is 60.5 Å². The number of ether oxygens (including phenoxy) is 2. The van der Waals surface area contributed by atoms with E-state index in [1.807, 2.05) is 0 Å². The van der Waals surface area contributed by atoms with Crippen LogP contribution in [-0.2, 0) is 15.9 Å². The molecule has 0 fully saturated rings. The molecule has 1 aromatic heterocycles. The number of hydrogen-bond acceptors (Lipinski definition) is 7. The fraction of sp³-hybridized carbons (Fsp3) is 0.261. The Labute approximate surface area is 183 Å². The molecule has 0 aliphatic heterocycles. The number of rotatable bonds is 9. The molecule has 0 saturated carbocycles. The van der Waals surface area contributed by atoms with Gasteiger partial charge in [0, 0.05) is 23.7 Å². The second-order valence-electron chi connectivity index (χ2n) is 6.95. The average molecular weight is 442 g/mol. The Morgan fingerprint density at radius 1 is 1.09 bits per heavy atom. The number of nitrogens with zero attached hydrogens (tertiary/aromatic N) is 1. The lowest BCUT2D eigenvalue weighted by Gasteiger charge is -2.13. The Bertz CT molecular complexity index is 1120. The van der Waals surface area contributed by atoms with Crippen molar-refractivity contribution in [3.8, 4) is 5.75 Å². The largest absolute Gasteiger partial charge is 0.505 e. The zero-order valence-corrected chi connectivity index (χ0v) is 17.4. The molecular formula is C23H23FN2O6. The number of pyridine rings is 1. The third-order valence-corrected chi connectivity index (χ3v) is 4.74. The number of nitrogens with one attached hydrogen (secondary N) is 1. The SMILES string of the molecule is COC(=O)c1cc(C(=O)NCCOCCO)c2cc(Cc3ccc(F)cc3)cnc2c1O. The first kappa shape index (κ1) is 23.1. The summed E-state index contributed by atoms with van der Waals surface area (Å²) in [6.07, 6.45) is 1.95. The van der Waals surface area contributed by atoms with Gasteiger partial charge >= 0.3 is 5.97 Å². The lowest BCUT2D eigenvalue weighted by atomic mass is 9.98. The molecule has 32 heavy (non-hydrogen) atoms. The van der Waals surface area contributed by atoms with Crippen molar-refractivity contribution < 1.29 is 33.7 Å². The molecule has 0 spiro atoms. The van der Waals surface area contributed by atoms with Crippen LogP contribution in [0.15, 0.2) is 42.6 Å². The van der Waals surface area contributed by atoms with E-state index in [0.717, 1.165) is 11.1 Å². The van der Waals surface area contributed by atoms with Crippen LogP contribution < -0.4 is 5.32 Å². The summed E-state index contributed by atoms with van der Waals surface area (Å²) in [4.78, 5) is 29.2. The zero-order valence-electron chi connectivity index (χ0n) is 17.4. The highest BCUT2D eigenvalue weighted by atomic mass is 19.1. The molecule has 0 aliphatic carbocycles. The quantitative estimate of drug-likeness (QED) is 0.343. The van der Waals surface area contributed by atoms with Crippen LogP contribution in [0.4, 0.5) is 4.39 Å². The maximum atomic E-state index is 13.2. The fourth-order valence-electron chi connectivity index (χ4n) is 3.21. The number of benzene rings is 2. The van der Waals surface area contributed by atoms with Gasteiger partial charge in [0.05, 0.1) is 26.9 Å². The summed E-state index contributed by atoms with van der Waals surface area (Å²) in [5.74, 6) is -2.02. The van der Waals surface area contributed by atoms with Crippen LogP contribution in [0, 0.1) is 5.82 Å². The first-order chi connectivity index (χ1) is 15.4. The smallest absolute Gasteiger partial charge is 0.341 e. The third-order valence-electron chi connectivity index (χ3n) is 4.74. The Morgan fingerprint density at radius 3 is 2.53 bits per heavy atom.